The average molecular weight is 2040 g/mol. The van der Waals surface area contributed by atoms with Crippen LogP contribution in [0.4, 0.5) is 5.69 Å². The molecule has 0 aliphatic carbocycles. The number of nitrogens with two attached hydrogens (primary N) is 10. The Morgan fingerprint density at radius 2 is 0.842 bits per heavy atom. The molecule has 51 nitrogen and oxygen atoms in total. The molecule has 0 saturated heterocycles. The third-order valence-electron chi connectivity index (χ3n) is 20.5. The number of hydrogen-bond acceptors (Lipinski definition) is 39. The standard InChI is InChI=1S/C14H19N5O2.C13H19N5O2.C13H19N5.C11H14ClN5.2C11H17N5O.C9H19N5.C7H15N5.C5H11N5/c1-9-7-17-13(15)19-14(18-9)16-5-4-10-2-3-11-12(6-10)21-8-20-11;1-8-7-16-12(14)18-13(17-8)15-5-4-9-2-3-10(19)11(20)6-9;1-10-9-16-12(14)18-13(17-10)15-8-7-11-5-3-2-4-6-11;1-7-6-14-10(13)17-11(15-7)16-9-4-2-8(12)3-5-9;1-8-6-14-10(12)16-11(15-8)13-4-2-9-3-5-17-7-9;1-8-7-14-10(12)16-11(15-8)13-5-4-9-3-2-6-17-9;1-3-4-5-11-9-13-7(2)6-12-8(10)14-9;1-5-4-9-6(8)11-7(10-5)12(2)3;1-3-2-8-4(6)10-5(7)9-3/h2-3,6,9H,4-5,7-8H2,1H3,(H4,15,16,17,18,19);2-3,6,8,19-20H,4-5,7H2,1H3,(H4,14,15,16,17,18);2-6,10H,7-9H2,1H3,(H4,14,15,16,17,18);2-5,7H,6H2,1H3,(H4,13,14,15,16,17);3,5,7-8H,2,4,6H2,1H3,(H4,12,13,14,15,16);2-3,6,8H,4-5,7H2,1H3,(H4,12,13,14,15,16);7H,3-6H2,1-2H3,(H4,10,11,12,13,14);5H,4H2,1-3H3,(H3,8,9,10,11);3H,2H2,1H3,(H5,6,7,8,9,10). The lowest BCUT2D eigenvalue weighted by Gasteiger charge is -2.15. The van der Waals surface area contributed by atoms with Crippen molar-refractivity contribution < 1.29 is 28.5 Å². The van der Waals surface area contributed by atoms with E-state index in [0.717, 1.165) is 104 Å². The summed E-state index contributed by atoms with van der Waals surface area (Å²) in [6, 6.07) is 35.9. The highest BCUT2D eigenvalue weighted by Gasteiger charge is 2.21. The lowest BCUT2D eigenvalue weighted by Crippen LogP contribution is -2.45. The van der Waals surface area contributed by atoms with E-state index in [1.807, 2.05) is 146 Å². The number of nitrogens with one attached hydrogen (secondary N) is 16. The predicted octanol–water partition coefficient (Wildman–Crippen LogP) is 0.00210. The Bertz CT molecular complexity index is 5500. The maximum absolute atomic E-state index is 9.41. The Morgan fingerprint density at radius 1 is 0.397 bits per heavy atom. The second-order valence-corrected chi connectivity index (χ2v) is 35.1. The zero-order valence-corrected chi connectivity index (χ0v) is 86.0. The number of hydrogen-bond donors (Lipinski definition) is 28. The number of unbranched alkanes of at least 4 members (excludes halogenated alkanes) is 1. The van der Waals surface area contributed by atoms with E-state index in [4.69, 9.17) is 87.2 Å². The van der Waals surface area contributed by atoms with Gasteiger partial charge in [0.05, 0.1) is 89.3 Å². The highest BCUT2D eigenvalue weighted by molar-refractivity contribution is 6.30. The number of benzene rings is 4. The maximum Gasteiger partial charge on any atom is 0.231 e. The van der Waals surface area contributed by atoms with Crippen LogP contribution in [0, 0.1) is 0 Å². The summed E-state index contributed by atoms with van der Waals surface area (Å²) >= 11 is 5.81. The van der Waals surface area contributed by atoms with Crippen LogP contribution in [-0.4, -0.2) is 296 Å². The van der Waals surface area contributed by atoms with E-state index in [1.54, 1.807) is 24.9 Å². The Kier molecular flexibility index (Phi) is 49.4. The number of phenols is 2. The summed E-state index contributed by atoms with van der Waals surface area (Å²) in [5.41, 5.74) is 61.3. The molecule has 2 aromatic heterocycles. The first-order chi connectivity index (χ1) is 70.1. The molecule has 10 aliphatic rings. The Hall–Kier alpha value is -16.4. The molecule has 52 heteroatoms. The number of ether oxygens (including phenoxy) is 2. The largest absolute Gasteiger partial charge is 0.504 e. The molecule has 0 bridgehead atoms. The van der Waals surface area contributed by atoms with E-state index >= 15 is 0 Å². The summed E-state index contributed by atoms with van der Waals surface area (Å²) in [6.07, 6.45) is 11.3. The quantitative estimate of drug-likeness (QED) is 0.0375. The molecule has 0 saturated carbocycles. The van der Waals surface area contributed by atoms with E-state index in [0.29, 0.717) is 204 Å². The molecule has 146 heavy (non-hydrogen) atoms. The molecule has 0 spiro atoms. The van der Waals surface area contributed by atoms with E-state index < -0.39 is 0 Å². The molecule has 38 N–H and O–H groups in total. The molecule has 9 unspecified atom stereocenters. The van der Waals surface area contributed by atoms with Crippen molar-refractivity contribution >= 4 is 125 Å². The van der Waals surface area contributed by atoms with E-state index in [-0.39, 0.29) is 59.8 Å². The Balaban J connectivity index is 0.000000202. The fraction of sp³-hybridized carbons (Fsp3) is 0.468. The van der Waals surface area contributed by atoms with Gasteiger partial charge < -0.3 is 133 Å². The van der Waals surface area contributed by atoms with Crippen molar-refractivity contribution in [3.63, 3.8) is 0 Å². The maximum atomic E-state index is 9.41. The number of aromatic hydroxyl groups is 2. The molecule has 9 atom stereocenters. The van der Waals surface area contributed by atoms with Crippen molar-refractivity contribution in [2.45, 2.75) is 169 Å². The molecule has 0 amide bonds. The zero-order chi connectivity index (χ0) is 105. The summed E-state index contributed by atoms with van der Waals surface area (Å²) in [4.78, 5) is 78.1. The van der Waals surface area contributed by atoms with Gasteiger partial charge in [-0.25, -0.2) is 15.0 Å². The summed E-state index contributed by atoms with van der Waals surface area (Å²) in [7, 11) is 3.83. The first-order valence-electron chi connectivity index (χ1n) is 48.2. The number of nitrogens with zero attached hydrogens (tertiary/aromatic N) is 19. The Morgan fingerprint density at radius 3 is 1.32 bits per heavy atom. The van der Waals surface area contributed by atoms with Gasteiger partial charge >= 0.3 is 0 Å². The smallest absolute Gasteiger partial charge is 0.231 e. The molecular weight excluding hydrogens is 1890 g/mol. The molecule has 4 aromatic carbocycles. The van der Waals surface area contributed by atoms with Gasteiger partial charge in [0.25, 0.3) is 0 Å². The first kappa shape index (κ1) is 115. The minimum atomic E-state index is -0.120. The third kappa shape index (κ3) is 47.4. The van der Waals surface area contributed by atoms with Crippen LogP contribution >= 0.6 is 11.6 Å². The molecule has 0 fully saturated rings. The van der Waals surface area contributed by atoms with Crippen molar-refractivity contribution in [1.82, 2.24) is 84.7 Å². The molecule has 794 valence electrons. The number of phenolic OH excluding ortho intramolecular Hbond substituents is 2. The SMILES string of the molecule is CC1CN=C(N)NC(=NCCc2ccc(O)c(O)c2)N1.CC1CN=C(N)NC(=NCCc2ccc3c(c2)OCO3)N1.CC1CN=C(N)NC(=NCCc2ccccc2)N1.CC1CN=C(N)NC(=NCCc2ccco2)N1.CC1CN=C(N)NC(=NCCc2ccoc2)N1.CC1CN=C(N)NC(N(C)C)=N1.CC1CN=C(N)NC(N)=N1.CC1CN=C(N)NC(Nc2ccc(Cl)cc2)=N1.CCCCN=C1N=C(N)NCC(C)N1. The van der Waals surface area contributed by atoms with Crippen LogP contribution in [0.2, 0.25) is 5.02 Å². The van der Waals surface area contributed by atoms with Gasteiger partial charge in [-0.3, -0.25) is 112 Å². The fourth-order valence-electron chi connectivity index (χ4n) is 13.0. The summed E-state index contributed by atoms with van der Waals surface area (Å²) in [5.74, 6) is 11.5. The van der Waals surface area contributed by atoms with Gasteiger partial charge in [-0.05, 0) is 183 Å². The van der Waals surface area contributed by atoms with Crippen LogP contribution in [0.1, 0.15) is 110 Å². The van der Waals surface area contributed by atoms with Gasteiger partial charge in [0.2, 0.25) is 24.7 Å². The third-order valence-corrected chi connectivity index (χ3v) is 20.7. The number of guanidine groups is 18. The molecule has 12 heterocycles. The van der Waals surface area contributed by atoms with Crippen molar-refractivity contribution in [2.24, 2.45) is 147 Å². The van der Waals surface area contributed by atoms with Crippen LogP contribution < -0.4 is 152 Å². The number of aliphatic imine (C=N–C) groups is 18. The van der Waals surface area contributed by atoms with Gasteiger partial charge in [0.1, 0.15) is 5.76 Å². The molecule has 0 radical (unpaired) electrons. The Labute approximate surface area is 857 Å². The highest BCUT2D eigenvalue weighted by Crippen LogP contribution is 2.33. The number of anilines is 1. The van der Waals surface area contributed by atoms with Crippen molar-refractivity contribution in [1.29, 1.82) is 0 Å². The second kappa shape index (κ2) is 62.8. The van der Waals surface area contributed by atoms with Crippen molar-refractivity contribution in [3.8, 4) is 23.0 Å². The van der Waals surface area contributed by atoms with Gasteiger partial charge in [0.15, 0.2) is 112 Å². The number of furan rings is 2. The molecular formula is C94H150ClN45O6. The number of fused-ring (bicyclic) bond motifs is 1. The summed E-state index contributed by atoms with van der Waals surface area (Å²) in [5, 5.41) is 67.8. The minimum absolute atomic E-state index is 0.0957. The molecule has 6 aromatic rings. The number of halogens is 1. The van der Waals surface area contributed by atoms with Crippen LogP contribution in [0.3, 0.4) is 0 Å². The summed E-state index contributed by atoms with van der Waals surface area (Å²) in [6.45, 7) is 30.4. The minimum Gasteiger partial charge on any atom is -0.504 e. The molecule has 10 aliphatic heterocycles. The van der Waals surface area contributed by atoms with E-state index in [9.17, 15) is 10.2 Å². The number of rotatable bonds is 19. The van der Waals surface area contributed by atoms with Crippen molar-refractivity contribution in [3.05, 3.63) is 161 Å². The van der Waals surface area contributed by atoms with Gasteiger partial charge in [-0.15, -0.1) is 0 Å². The lowest BCUT2D eigenvalue weighted by molar-refractivity contribution is 0.174. The average Bonchev–Trinajstić information content (AvgIpc) is 1.71. The monoisotopic (exact) mass is 2040 g/mol. The van der Waals surface area contributed by atoms with Gasteiger partial charge in [-0.2, -0.15) is 4.99 Å². The topological polar surface area (TPSA) is 764 Å². The van der Waals surface area contributed by atoms with Crippen LogP contribution in [-0.2, 0) is 32.1 Å². The second-order valence-electron chi connectivity index (χ2n) is 34.6. The van der Waals surface area contributed by atoms with Crippen LogP contribution in [0.15, 0.2) is 227 Å². The van der Waals surface area contributed by atoms with Crippen molar-refractivity contribution in [2.75, 3.05) is 124 Å². The van der Waals surface area contributed by atoms with Gasteiger partial charge in [-0.1, -0.05) is 67.4 Å². The van der Waals surface area contributed by atoms with E-state index in [2.05, 4.69) is 208 Å². The fourth-order valence-corrected chi connectivity index (χ4v) is 13.1. The normalized spacial score (nSPS) is 22.3. The van der Waals surface area contributed by atoms with Crippen LogP contribution in [0.5, 0.6) is 23.0 Å². The van der Waals surface area contributed by atoms with E-state index in [1.165, 1.54) is 17.7 Å². The highest BCUT2D eigenvalue weighted by atomic mass is 35.5. The lowest BCUT2D eigenvalue weighted by atomic mass is 10.1. The zero-order valence-electron chi connectivity index (χ0n) is 85.3. The summed E-state index contributed by atoms with van der Waals surface area (Å²) < 4.78 is 20.9. The predicted molar refractivity (Wildman–Crippen MR) is 589 cm³/mol. The van der Waals surface area contributed by atoms with Crippen LogP contribution in [0.25, 0.3) is 0 Å². The molecule has 16 rings (SSSR count). The first-order valence-corrected chi connectivity index (χ1v) is 48.6. The van der Waals surface area contributed by atoms with Gasteiger partial charge in [0, 0.05) is 113 Å².